The van der Waals surface area contributed by atoms with Crippen LogP contribution in [0.15, 0.2) is 36.4 Å². The van der Waals surface area contributed by atoms with Gasteiger partial charge in [0, 0.05) is 5.69 Å². The average Bonchev–Trinajstić information content (AvgIpc) is 3.12. The second-order valence-corrected chi connectivity index (χ2v) is 5.46. The van der Waals surface area contributed by atoms with E-state index >= 15 is 0 Å². The van der Waals surface area contributed by atoms with Crippen molar-refractivity contribution in [2.45, 2.75) is 0 Å². The van der Waals surface area contributed by atoms with E-state index in [1.807, 2.05) is 12.1 Å². The molecule has 7 nitrogen and oxygen atoms in total. The fourth-order valence-electron chi connectivity index (χ4n) is 2.64. The van der Waals surface area contributed by atoms with Crippen LogP contribution >= 0.6 is 0 Å². The van der Waals surface area contributed by atoms with Crippen molar-refractivity contribution in [2.24, 2.45) is 0 Å². The smallest absolute Gasteiger partial charge is 0.341 e. The van der Waals surface area contributed by atoms with Crippen LogP contribution in [0.3, 0.4) is 0 Å². The van der Waals surface area contributed by atoms with Gasteiger partial charge in [-0.3, -0.25) is 0 Å². The van der Waals surface area contributed by atoms with Crippen molar-refractivity contribution in [2.75, 3.05) is 26.7 Å². The van der Waals surface area contributed by atoms with E-state index in [0.717, 1.165) is 5.56 Å². The molecule has 1 aliphatic rings. The molecule has 3 rings (SSSR count). The molecule has 0 radical (unpaired) electrons. The van der Waals surface area contributed by atoms with Gasteiger partial charge < -0.3 is 30.1 Å². The van der Waals surface area contributed by atoms with Crippen molar-refractivity contribution < 1.29 is 23.7 Å². The van der Waals surface area contributed by atoms with Gasteiger partial charge in [0.1, 0.15) is 11.3 Å². The summed E-state index contributed by atoms with van der Waals surface area (Å²) in [6.45, 7) is 0.201. The third-order valence-electron chi connectivity index (χ3n) is 3.91. The number of ether oxygens (including phenoxy) is 4. The molecule has 26 heavy (non-hydrogen) atoms. The summed E-state index contributed by atoms with van der Waals surface area (Å²) in [5.74, 6) is 0.991. The molecular weight excluding hydrogens is 336 g/mol. The molecule has 0 spiro atoms. The number of esters is 1. The summed E-state index contributed by atoms with van der Waals surface area (Å²) >= 11 is 0. The van der Waals surface area contributed by atoms with Gasteiger partial charge in [0.15, 0.2) is 11.5 Å². The monoisotopic (exact) mass is 354 g/mol. The van der Waals surface area contributed by atoms with Crippen molar-refractivity contribution in [1.29, 1.82) is 5.41 Å². The Morgan fingerprint density at radius 2 is 1.96 bits per heavy atom. The number of fused-ring (bicyclic) bond motifs is 1. The largest absolute Gasteiger partial charge is 0.495 e. The van der Waals surface area contributed by atoms with E-state index in [-0.39, 0.29) is 23.8 Å². The number of carbonyl (C=O) groups is 1. The molecule has 0 saturated carbocycles. The lowest BCUT2D eigenvalue weighted by Gasteiger charge is -2.14. The molecule has 134 valence electrons. The van der Waals surface area contributed by atoms with Crippen LogP contribution in [0.25, 0.3) is 6.08 Å². The highest BCUT2D eigenvalue weighted by Gasteiger charge is 2.20. The number of hydrogen-bond acceptors (Lipinski definition) is 7. The first-order valence-electron chi connectivity index (χ1n) is 7.76. The van der Waals surface area contributed by atoms with Gasteiger partial charge in [0.25, 0.3) is 0 Å². The average molecular weight is 354 g/mol. The molecule has 0 bridgehead atoms. The summed E-state index contributed by atoms with van der Waals surface area (Å²) in [6, 6.07) is 8.53. The Morgan fingerprint density at radius 1 is 1.19 bits per heavy atom. The number of rotatable bonds is 5. The molecule has 1 heterocycles. The van der Waals surface area contributed by atoms with Gasteiger partial charge in [-0.1, -0.05) is 12.1 Å². The summed E-state index contributed by atoms with van der Waals surface area (Å²) in [5, 5.41) is 8.36. The lowest BCUT2D eigenvalue weighted by Crippen LogP contribution is -2.10. The number of anilines is 1. The van der Waals surface area contributed by atoms with E-state index in [1.165, 1.54) is 20.3 Å². The summed E-state index contributed by atoms with van der Waals surface area (Å²) in [5.41, 5.74) is 7.81. The molecule has 0 saturated heterocycles. The first kappa shape index (κ1) is 17.3. The predicted octanol–water partition coefficient (Wildman–Crippen LogP) is 2.87. The van der Waals surface area contributed by atoms with Crippen LogP contribution < -0.4 is 19.9 Å². The minimum absolute atomic E-state index is 0.0998. The van der Waals surface area contributed by atoms with Crippen molar-refractivity contribution in [3.63, 3.8) is 0 Å². The molecular formula is C19H18N2O5. The molecule has 1 aliphatic heterocycles. The van der Waals surface area contributed by atoms with E-state index in [0.29, 0.717) is 22.7 Å². The Hall–Kier alpha value is -3.48. The van der Waals surface area contributed by atoms with Crippen LogP contribution in [0.5, 0.6) is 17.2 Å². The predicted molar refractivity (Wildman–Crippen MR) is 97.2 cm³/mol. The number of nitrogen functional groups attached to an aromatic ring is 1. The van der Waals surface area contributed by atoms with Crippen molar-refractivity contribution in [1.82, 2.24) is 0 Å². The van der Waals surface area contributed by atoms with E-state index < -0.39 is 5.97 Å². The molecule has 7 heteroatoms. The van der Waals surface area contributed by atoms with E-state index in [4.69, 9.17) is 30.1 Å². The molecule has 3 N–H and O–H groups in total. The van der Waals surface area contributed by atoms with Crippen LogP contribution in [0, 0.1) is 5.41 Å². The van der Waals surface area contributed by atoms with Crippen LogP contribution in [0.2, 0.25) is 0 Å². The second kappa shape index (κ2) is 7.18. The van der Waals surface area contributed by atoms with Crippen molar-refractivity contribution >= 4 is 23.4 Å². The number of carbonyl (C=O) groups excluding carboxylic acids is 1. The highest BCUT2D eigenvalue weighted by atomic mass is 16.7. The normalized spacial score (nSPS) is 12.2. The summed E-state index contributed by atoms with van der Waals surface area (Å²) in [4.78, 5) is 11.9. The van der Waals surface area contributed by atoms with Gasteiger partial charge in [-0.05, 0) is 35.9 Å². The van der Waals surface area contributed by atoms with E-state index in [2.05, 4.69) is 0 Å². The third-order valence-corrected chi connectivity index (χ3v) is 3.91. The quantitative estimate of drug-likeness (QED) is 0.486. The zero-order valence-electron chi connectivity index (χ0n) is 14.4. The lowest BCUT2D eigenvalue weighted by molar-refractivity contribution is 0.0597. The number of hydrogen-bond donors (Lipinski definition) is 2. The summed E-state index contributed by atoms with van der Waals surface area (Å²) < 4.78 is 20.7. The Bertz CT molecular complexity index is 905. The zero-order valence-corrected chi connectivity index (χ0v) is 14.4. The number of methoxy groups -OCH3 is 2. The number of nitrogens with two attached hydrogens (primary N) is 1. The highest BCUT2D eigenvalue weighted by molar-refractivity contribution is 6.15. The number of benzene rings is 2. The lowest BCUT2D eigenvalue weighted by atomic mass is 10.0. The van der Waals surface area contributed by atoms with Gasteiger partial charge in [-0.15, -0.1) is 0 Å². The fraction of sp³-hybridized carbons (Fsp3) is 0.158. The minimum atomic E-state index is -0.560. The van der Waals surface area contributed by atoms with Gasteiger partial charge >= 0.3 is 5.97 Å². The maximum Gasteiger partial charge on any atom is 0.341 e. The molecule has 0 atom stereocenters. The van der Waals surface area contributed by atoms with Gasteiger partial charge in [-0.2, -0.15) is 0 Å². The number of allylic oxidation sites excluding steroid dienone is 1. The number of nitrogens with one attached hydrogen (secondary N) is 1. The van der Waals surface area contributed by atoms with Gasteiger partial charge in [0.05, 0.1) is 25.5 Å². The molecule has 0 aromatic heterocycles. The first-order valence-corrected chi connectivity index (χ1v) is 7.76. The van der Waals surface area contributed by atoms with Crippen LogP contribution in [-0.4, -0.2) is 32.7 Å². The zero-order chi connectivity index (χ0) is 18.7. The Morgan fingerprint density at radius 3 is 2.69 bits per heavy atom. The molecule has 2 aromatic carbocycles. The molecule has 0 aliphatic carbocycles. The Balaban J connectivity index is 1.93. The van der Waals surface area contributed by atoms with Crippen LogP contribution in [0.1, 0.15) is 21.5 Å². The SMILES string of the molecule is COC(=O)c1ccc(N)c(C(=N)/C=C/c2ccc3c(c2)OCO3)c1OC. The first-order chi connectivity index (χ1) is 12.5. The van der Waals surface area contributed by atoms with Gasteiger partial charge in [0.2, 0.25) is 6.79 Å². The molecule has 2 aromatic rings. The molecule has 0 fully saturated rings. The summed E-state index contributed by atoms with van der Waals surface area (Å²) in [7, 11) is 2.70. The standard InChI is InChI=1S/C19H18N2O5/c1-23-18-12(19(22)24-2)5-7-14(21)17(18)13(20)6-3-11-4-8-15-16(9-11)26-10-25-15/h3-9,20H,10,21H2,1-2H3/b6-3+,20-13?. The van der Waals surface area contributed by atoms with Crippen LogP contribution in [0.4, 0.5) is 5.69 Å². The summed E-state index contributed by atoms with van der Waals surface area (Å²) in [6.07, 6.45) is 3.32. The van der Waals surface area contributed by atoms with E-state index in [9.17, 15) is 4.79 Å². The maximum absolute atomic E-state index is 11.9. The van der Waals surface area contributed by atoms with Gasteiger partial charge in [-0.25, -0.2) is 4.79 Å². The highest BCUT2D eigenvalue weighted by Crippen LogP contribution is 2.33. The van der Waals surface area contributed by atoms with Crippen molar-refractivity contribution in [3.8, 4) is 17.2 Å². The van der Waals surface area contributed by atoms with Crippen LogP contribution in [-0.2, 0) is 4.74 Å². The second-order valence-electron chi connectivity index (χ2n) is 5.46. The minimum Gasteiger partial charge on any atom is -0.495 e. The molecule has 0 unspecified atom stereocenters. The van der Waals surface area contributed by atoms with E-state index in [1.54, 1.807) is 24.3 Å². The maximum atomic E-state index is 11.9. The Kier molecular flexibility index (Phi) is 4.79. The Labute approximate surface area is 150 Å². The van der Waals surface area contributed by atoms with Crippen molar-refractivity contribution in [3.05, 3.63) is 53.1 Å². The third kappa shape index (κ3) is 3.19. The fourth-order valence-corrected chi connectivity index (χ4v) is 2.64. The molecule has 0 amide bonds. The topological polar surface area (TPSA) is 104 Å².